The largest absolute Gasteiger partial charge is 0.507 e. The third kappa shape index (κ3) is 3.71. The molecule has 0 saturated carbocycles. The molecule has 0 aliphatic carbocycles. The van der Waals surface area contributed by atoms with E-state index >= 15 is 0 Å². The molecule has 0 aromatic heterocycles. The average molecular weight is 382 g/mol. The highest BCUT2D eigenvalue weighted by Gasteiger charge is 2.43. The van der Waals surface area contributed by atoms with Crippen LogP contribution < -0.4 is 4.74 Å². The third-order valence-electron chi connectivity index (χ3n) is 4.52. The molecular formula is C22H22O6. The summed E-state index contributed by atoms with van der Waals surface area (Å²) < 4.78 is 11.2. The fraction of sp³-hybridized carbons (Fsp3) is 0.273. The van der Waals surface area contributed by atoms with Gasteiger partial charge in [-0.1, -0.05) is 42.0 Å². The Bertz CT molecular complexity index is 941. The third-order valence-corrected chi connectivity index (χ3v) is 4.52. The number of esters is 1. The molecule has 28 heavy (non-hydrogen) atoms. The van der Waals surface area contributed by atoms with Crippen LogP contribution in [0.3, 0.4) is 0 Å². The predicted octanol–water partition coefficient (Wildman–Crippen LogP) is 3.85. The summed E-state index contributed by atoms with van der Waals surface area (Å²) in [4.78, 5) is 24.7. The van der Waals surface area contributed by atoms with Gasteiger partial charge in [0.25, 0.3) is 0 Å². The summed E-state index contributed by atoms with van der Waals surface area (Å²) in [6, 6.07) is 10.2. The molecular weight excluding hydrogens is 360 g/mol. The van der Waals surface area contributed by atoms with E-state index in [9.17, 15) is 19.8 Å². The molecule has 6 nitrogen and oxygen atoms in total. The molecule has 0 fully saturated rings. The highest BCUT2D eigenvalue weighted by molar-refractivity contribution is 6.07. The van der Waals surface area contributed by atoms with E-state index in [0.29, 0.717) is 5.56 Å². The molecule has 0 saturated heterocycles. The number of aromatic hydroxyl groups is 2. The molecule has 2 aromatic rings. The molecule has 0 spiro atoms. The van der Waals surface area contributed by atoms with Crippen molar-refractivity contribution in [2.45, 2.75) is 39.4 Å². The Kier molecular flexibility index (Phi) is 5.40. The first-order valence-electron chi connectivity index (χ1n) is 8.93. The molecule has 0 amide bonds. The highest BCUT2D eigenvalue weighted by atomic mass is 16.6. The summed E-state index contributed by atoms with van der Waals surface area (Å²) in [6.45, 7) is 4.99. The summed E-state index contributed by atoms with van der Waals surface area (Å²) >= 11 is 0. The lowest BCUT2D eigenvalue weighted by Gasteiger charge is -2.33. The van der Waals surface area contributed by atoms with Gasteiger partial charge in [0.15, 0.2) is 6.10 Å². The second kappa shape index (κ2) is 7.76. The number of allylic oxidation sites excluding steroid dienone is 2. The van der Waals surface area contributed by atoms with Crippen molar-refractivity contribution in [3.05, 3.63) is 64.7 Å². The van der Waals surface area contributed by atoms with Crippen LogP contribution in [0.15, 0.2) is 48.0 Å². The fourth-order valence-corrected chi connectivity index (χ4v) is 3.17. The van der Waals surface area contributed by atoms with Crippen LogP contribution in [0.25, 0.3) is 0 Å². The highest BCUT2D eigenvalue weighted by Crippen LogP contribution is 2.45. The second-order valence-corrected chi connectivity index (χ2v) is 6.93. The Morgan fingerprint density at radius 1 is 1.18 bits per heavy atom. The van der Waals surface area contributed by atoms with Gasteiger partial charge in [-0.3, -0.25) is 9.59 Å². The first kappa shape index (κ1) is 19.5. The van der Waals surface area contributed by atoms with E-state index in [4.69, 9.17) is 9.47 Å². The van der Waals surface area contributed by atoms with Crippen molar-refractivity contribution in [2.75, 3.05) is 0 Å². The number of benzene rings is 2. The number of carbonyl (C=O) groups excluding carboxylic acids is 2. The number of rotatable bonds is 4. The topological polar surface area (TPSA) is 93.1 Å². The maximum absolute atomic E-state index is 13.1. The summed E-state index contributed by atoms with van der Waals surface area (Å²) in [5.41, 5.74) is 1.77. The lowest BCUT2D eigenvalue weighted by atomic mass is 9.90. The van der Waals surface area contributed by atoms with Crippen molar-refractivity contribution in [2.24, 2.45) is 0 Å². The lowest BCUT2D eigenvalue weighted by Crippen LogP contribution is -2.39. The molecule has 1 aliphatic heterocycles. The van der Waals surface area contributed by atoms with Gasteiger partial charge in [0, 0.05) is 18.6 Å². The zero-order valence-corrected chi connectivity index (χ0v) is 15.9. The molecule has 2 atom stereocenters. The minimum absolute atomic E-state index is 0.0539. The summed E-state index contributed by atoms with van der Waals surface area (Å²) in [5.74, 6) is -1.67. The maximum Gasteiger partial charge on any atom is 0.303 e. The Morgan fingerprint density at radius 3 is 2.46 bits per heavy atom. The molecule has 1 heterocycles. The van der Waals surface area contributed by atoms with Crippen LogP contribution in [0.4, 0.5) is 0 Å². The van der Waals surface area contributed by atoms with Gasteiger partial charge in [-0.2, -0.15) is 0 Å². The van der Waals surface area contributed by atoms with Gasteiger partial charge in [0.05, 0.1) is 0 Å². The van der Waals surface area contributed by atoms with Crippen LogP contribution in [-0.2, 0) is 16.0 Å². The van der Waals surface area contributed by atoms with E-state index in [1.54, 1.807) is 24.3 Å². The zero-order chi connectivity index (χ0) is 20.4. The van der Waals surface area contributed by atoms with Gasteiger partial charge in [0.1, 0.15) is 22.8 Å². The van der Waals surface area contributed by atoms with Crippen LogP contribution in [0.5, 0.6) is 17.2 Å². The number of phenols is 2. The molecule has 1 aliphatic rings. The van der Waals surface area contributed by atoms with Gasteiger partial charge in [-0.25, -0.2) is 0 Å². The number of hydrogen-bond acceptors (Lipinski definition) is 6. The first-order chi connectivity index (χ1) is 13.3. The standard InChI is InChI=1S/C22H22O6/c1-12(2)9-10-15-16(24)11-17-18(19(15)25)20(26)22(27-13(3)23)21(28-17)14-7-5-4-6-8-14/h4-9,11,21-22,24-25H,10H2,1-3H3/t21-,22+/m1/s1. The predicted molar refractivity (Wildman–Crippen MR) is 103 cm³/mol. The van der Waals surface area contributed by atoms with E-state index in [0.717, 1.165) is 5.57 Å². The van der Waals surface area contributed by atoms with Gasteiger partial charge < -0.3 is 19.7 Å². The van der Waals surface area contributed by atoms with E-state index in [2.05, 4.69) is 0 Å². The van der Waals surface area contributed by atoms with Crippen LogP contribution in [-0.4, -0.2) is 28.1 Å². The number of phenolic OH excluding ortho intramolecular Hbond substituents is 2. The van der Waals surface area contributed by atoms with Crippen molar-refractivity contribution in [1.82, 2.24) is 0 Å². The zero-order valence-electron chi connectivity index (χ0n) is 15.9. The normalized spacial score (nSPS) is 18.0. The van der Waals surface area contributed by atoms with Crippen molar-refractivity contribution >= 4 is 11.8 Å². The minimum Gasteiger partial charge on any atom is -0.507 e. The SMILES string of the molecule is CC(=O)O[C@H]1C(=O)c2c(cc(O)c(CC=C(C)C)c2O)O[C@@H]1c1ccccc1. The fourth-order valence-electron chi connectivity index (χ4n) is 3.17. The molecule has 6 heteroatoms. The Morgan fingerprint density at radius 2 is 1.86 bits per heavy atom. The quantitative estimate of drug-likeness (QED) is 0.616. The number of ketones is 1. The first-order valence-corrected chi connectivity index (χ1v) is 8.93. The molecule has 146 valence electrons. The Balaban J connectivity index is 2.11. The molecule has 0 radical (unpaired) electrons. The van der Waals surface area contributed by atoms with Gasteiger partial charge >= 0.3 is 5.97 Å². The van der Waals surface area contributed by atoms with Gasteiger partial charge in [-0.05, 0) is 25.8 Å². The second-order valence-electron chi connectivity index (χ2n) is 6.93. The number of fused-ring (bicyclic) bond motifs is 1. The van der Waals surface area contributed by atoms with E-state index in [1.165, 1.54) is 13.0 Å². The van der Waals surface area contributed by atoms with Crippen LogP contribution in [0.2, 0.25) is 0 Å². The average Bonchev–Trinajstić information content (AvgIpc) is 2.63. The number of hydrogen-bond donors (Lipinski definition) is 2. The molecule has 2 N–H and O–H groups in total. The van der Waals surface area contributed by atoms with Gasteiger partial charge in [0.2, 0.25) is 11.9 Å². The summed E-state index contributed by atoms with van der Waals surface area (Å²) in [7, 11) is 0. The molecule has 0 bridgehead atoms. The summed E-state index contributed by atoms with van der Waals surface area (Å²) in [6.07, 6.45) is -0.0429. The monoisotopic (exact) mass is 382 g/mol. The number of Topliss-reactive ketones (excluding diaryl/α,β-unsaturated/α-hetero) is 1. The summed E-state index contributed by atoms with van der Waals surface area (Å²) in [5, 5.41) is 21.0. The van der Waals surface area contributed by atoms with E-state index in [-0.39, 0.29) is 34.8 Å². The number of ether oxygens (including phenoxy) is 2. The molecule has 3 rings (SSSR count). The maximum atomic E-state index is 13.1. The van der Waals surface area contributed by atoms with Crippen molar-refractivity contribution in [3.63, 3.8) is 0 Å². The van der Waals surface area contributed by atoms with Gasteiger partial charge in [-0.15, -0.1) is 0 Å². The van der Waals surface area contributed by atoms with Crippen LogP contribution in [0, 0.1) is 0 Å². The van der Waals surface area contributed by atoms with E-state index in [1.807, 2.05) is 26.0 Å². The van der Waals surface area contributed by atoms with Crippen molar-refractivity contribution in [3.8, 4) is 17.2 Å². The van der Waals surface area contributed by atoms with Crippen molar-refractivity contribution in [1.29, 1.82) is 0 Å². The molecule has 2 aromatic carbocycles. The smallest absolute Gasteiger partial charge is 0.303 e. The molecule has 0 unspecified atom stereocenters. The van der Waals surface area contributed by atoms with E-state index < -0.39 is 24.0 Å². The minimum atomic E-state index is -1.24. The lowest BCUT2D eigenvalue weighted by molar-refractivity contribution is -0.148. The van der Waals surface area contributed by atoms with Crippen LogP contribution >= 0.6 is 0 Å². The number of carbonyl (C=O) groups is 2. The van der Waals surface area contributed by atoms with Crippen molar-refractivity contribution < 1.29 is 29.3 Å². The Labute approximate surface area is 163 Å². The van der Waals surface area contributed by atoms with Crippen LogP contribution in [0.1, 0.15) is 48.4 Å². The Hall–Kier alpha value is -3.28.